The van der Waals surface area contributed by atoms with E-state index < -0.39 is 30.7 Å². The fraction of sp³-hybridized carbons (Fsp3) is 0.500. The molecule has 1 aromatic heterocycles. The molecule has 0 atom stereocenters. The van der Waals surface area contributed by atoms with Crippen LogP contribution in [0.5, 0.6) is 0 Å². The van der Waals surface area contributed by atoms with Gasteiger partial charge in [-0.1, -0.05) is 0 Å². The number of hydrogen-bond donors (Lipinski definition) is 0. The lowest BCUT2D eigenvalue weighted by Gasteiger charge is -2.27. The lowest BCUT2D eigenvalue weighted by atomic mass is 10.2. The van der Waals surface area contributed by atoms with Gasteiger partial charge in [-0.2, -0.15) is 30.7 Å². The monoisotopic (exact) mass is 294 g/mol. The second-order valence-corrected chi connectivity index (χ2v) is 3.30. The van der Waals surface area contributed by atoms with Gasteiger partial charge in [0.2, 0.25) is 0 Å². The molecule has 1 rings (SSSR count). The zero-order valence-electron chi connectivity index (χ0n) is 8.80. The Balaban J connectivity index is 2.73. The number of imidazole rings is 1. The number of aromatic nitrogens is 2. The Morgan fingerprint density at radius 3 is 2.16 bits per heavy atom. The number of ether oxygens (including phenoxy) is 1. The van der Waals surface area contributed by atoms with Crippen LogP contribution in [0.1, 0.15) is 0 Å². The molecule has 0 radical (unpaired) electrons. The highest BCUT2D eigenvalue weighted by Gasteiger charge is 2.73. The van der Waals surface area contributed by atoms with Gasteiger partial charge in [-0.05, 0) is 0 Å². The standard InChI is InChI=1S/C8H5F7N2O2/c9-6(10,7(11,12)8(13,14)15)3-19-5(18)17-2-1-16-4-17/h1-2,4H,3H2. The summed E-state index contributed by atoms with van der Waals surface area (Å²) in [5.41, 5.74) is 0. The quantitative estimate of drug-likeness (QED) is 0.805. The number of alkyl halides is 7. The van der Waals surface area contributed by atoms with Crippen molar-refractivity contribution >= 4 is 6.09 Å². The van der Waals surface area contributed by atoms with Gasteiger partial charge in [0.15, 0.2) is 6.61 Å². The van der Waals surface area contributed by atoms with Crippen LogP contribution < -0.4 is 0 Å². The van der Waals surface area contributed by atoms with E-state index in [1.54, 1.807) is 0 Å². The predicted octanol–water partition coefficient (Wildman–Crippen LogP) is 2.70. The molecule has 0 spiro atoms. The highest BCUT2D eigenvalue weighted by Crippen LogP contribution is 2.46. The molecule has 0 aliphatic carbocycles. The van der Waals surface area contributed by atoms with E-state index in [2.05, 4.69) is 9.72 Å². The molecule has 0 aromatic carbocycles. The molecule has 108 valence electrons. The van der Waals surface area contributed by atoms with Crippen molar-refractivity contribution in [2.75, 3.05) is 6.61 Å². The second kappa shape index (κ2) is 4.70. The summed E-state index contributed by atoms with van der Waals surface area (Å²) < 4.78 is 89.7. The summed E-state index contributed by atoms with van der Waals surface area (Å²) in [5, 5.41) is 0. The average Bonchev–Trinajstić information content (AvgIpc) is 2.77. The van der Waals surface area contributed by atoms with E-state index in [1.165, 1.54) is 0 Å². The fourth-order valence-corrected chi connectivity index (χ4v) is 0.892. The molecule has 1 heterocycles. The van der Waals surface area contributed by atoms with Crippen LogP contribution in [0.25, 0.3) is 0 Å². The van der Waals surface area contributed by atoms with E-state index in [-0.39, 0.29) is 0 Å². The normalized spacial score (nSPS) is 13.4. The zero-order chi connectivity index (χ0) is 14.9. The first-order valence-electron chi connectivity index (χ1n) is 4.46. The minimum atomic E-state index is -6.46. The summed E-state index contributed by atoms with van der Waals surface area (Å²) in [6, 6.07) is 0. The first-order valence-corrected chi connectivity index (χ1v) is 4.46. The Morgan fingerprint density at radius 1 is 1.16 bits per heavy atom. The first kappa shape index (κ1) is 15.2. The Hall–Kier alpha value is -1.81. The Kier molecular flexibility index (Phi) is 3.77. The minimum Gasteiger partial charge on any atom is -0.442 e. The van der Waals surface area contributed by atoms with Gasteiger partial charge in [0.25, 0.3) is 0 Å². The van der Waals surface area contributed by atoms with Crippen molar-refractivity contribution in [2.45, 2.75) is 18.0 Å². The molecule has 0 aliphatic rings. The van der Waals surface area contributed by atoms with E-state index in [9.17, 15) is 35.5 Å². The lowest BCUT2D eigenvalue weighted by Crippen LogP contribution is -2.54. The number of nitrogens with zero attached hydrogens (tertiary/aromatic N) is 2. The SMILES string of the molecule is O=C(OCC(F)(F)C(F)(F)C(F)(F)F)n1ccnc1. The van der Waals surface area contributed by atoms with Gasteiger partial charge in [0, 0.05) is 12.4 Å². The molecule has 0 bridgehead atoms. The van der Waals surface area contributed by atoms with Crippen molar-refractivity contribution in [1.82, 2.24) is 9.55 Å². The molecule has 1 aromatic rings. The van der Waals surface area contributed by atoms with Gasteiger partial charge >= 0.3 is 24.1 Å². The zero-order valence-corrected chi connectivity index (χ0v) is 8.80. The molecule has 0 fully saturated rings. The first-order chi connectivity index (χ1) is 8.49. The molecular weight excluding hydrogens is 289 g/mol. The van der Waals surface area contributed by atoms with Gasteiger partial charge in [0.05, 0.1) is 0 Å². The number of carbonyl (C=O) groups excluding carboxylic acids is 1. The van der Waals surface area contributed by atoms with Crippen LogP contribution in [0.15, 0.2) is 18.7 Å². The van der Waals surface area contributed by atoms with Crippen LogP contribution in [0, 0.1) is 0 Å². The summed E-state index contributed by atoms with van der Waals surface area (Å²) in [6.07, 6.45) is -5.25. The molecule has 0 saturated heterocycles. The van der Waals surface area contributed by atoms with Gasteiger partial charge in [-0.15, -0.1) is 0 Å². The molecule has 0 saturated carbocycles. The topological polar surface area (TPSA) is 44.1 Å². The van der Waals surface area contributed by atoms with Crippen molar-refractivity contribution < 1.29 is 40.3 Å². The van der Waals surface area contributed by atoms with E-state index in [0.29, 0.717) is 4.57 Å². The van der Waals surface area contributed by atoms with E-state index >= 15 is 0 Å². The van der Waals surface area contributed by atoms with E-state index in [4.69, 9.17) is 0 Å². The van der Waals surface area contributed by atoms with Crippen LogP contribution in [0.3, 0.4) is 0 Å². The average molecular weight is 294 g/mol. The highest BCUT2D eigenvalue weighted by atomic mass is 19.4. The van der Waals surface area contributed by atoms with Crippen molar-refractivity contribution in [1.29, 1.82) is 0 Å². The van der Waals surface area contributed by atoms with Gasteiger partial charge < -0.3 is 4.74 Å². The van der Waals surface area contributed by atoms with Crippen molar-refractivity contribution in [3.05, 3.63) is 18.7 Å². The maximum atomic E-state index is 12.7. The van der Waals surface area contributed by atoms with Gasteiger partial charge in [-0.3, -0.25) is 0 Å². The third kappa shape index (κ3) is 2.96. The molecule has 0 amide bonds. The smallest absolute Gasteiger partial charge is 0.442 e. The van der Waals surface area contributed by atoms with Crippen LogP contribution in [0.4, 0.5) is 35.5 Å². The molecule has 19 heavy (non-hydrogen) atoms. The van der Waals surface area contributed by atoms with Crippen LogP contribution in [-0.2, 0) is 4.74 Å². The van der Waals surface area contributed by atoms with E-state index in [0.717, 1.165) is 18.7 Å². The summed E-state index contributed by atoms with van der Waals surface area (Å²) in [6.45, 7) is -2.42. The predicted molar refractivity (Wildman–Crippen MR) is 44.9 cm³/mol. The number of halogens is 7. The summed E-state index contributed by atoms with van der Waals surface area (Å²) in [7, 11) is 0. The molecule has 0 unspecified atom stereocenters. The molecule has 4 nitrogen and oxygen atoms in total. The fourth-order valence-electron chi connectivity index (χ4n) is 0.892. The number of hydrogen-bond acceptors (Lipinski definition) is 3. The van der Waals surface area contributed by atoms with Gasteiger partial charge in [0.1, 0.15) is 6.33 Å². The van der Waals surface area contributed by atoms with Crippen LogP contribution in [0.2, 0.25) is 0 Å². The third-order valence-corrected chi connectivity index (χ3v) is 1.91. The highest BCUT2D eigenvalue weighted by molar-refractivity contribution is 5.70. The molecule has 11 heteroatoms. The van der Waals surface area contributed by atoms with Crippen LogP contribution in [-0.4, -0.2) is 40.3 Å². The molecule has 0 aliphatic heterocycles. The molecule has 0 N–H and O–H groups in total. The largest absolute Gasteiger partial charge is 0.460 e. The van der Waals surface area contributed by atoms with Crippen molar-refractivity contribution in [3.8, 4) is 0 Å². The molecular formula is C8H5F7N2O2. The lowest BCUT2D eigenvalue weighted by molar-refractivity contribution is -0.359. The summed E-state index contributed by atoms with van der Waals surface area (Å²) in [5.74, 6) is -11.9. The summed E-state index contributed by atoms with van der Waals surface area (Å²) >= 11 is 0. The maximum absolute atomic E-state index is 12.7. The summed E-state index contributed by atoms with van der Waals surface area (Å²) in [4.78, 5) is 14.3. The van der Waals surface area contributed by atoms with E-state index in [1.807, 2.05) is 0 Å². The van der Waals surface area contributed by atoms with Crippen LogP contribution >= 0.6 is 0 Å². The maximum Gasteiger partial charge on any atom is 0.460 e. The Morgan fingerprint density at radius 2 is 1.74 bits per heavy atom. The Labute approximate surface area is 100 Å². The number of carbonyl (C=O) groups is 1. The third-order valence-electron chi connectivity index (χ3n) is 1.91. The van der Waals surface area contributed by atoms with Crippen molar-refractivity contribution in [2.24, 2.45) is 0 Å². The Bertz CT molecular complexity index is 440. The van der Waals surface area contributed by atoms with Crippen molar-refractivity contribution in [3.63, 3.8) is 0 Å². The second-order valence-electron chi connectivity index (χ2n) is 3.30. The van der Waals surface area contributed by atoms with Gasteiger partial charge in [-0.25, -0.2) is 14.3 Å². The number of rotatable bonds is 3. The minimum absolute atomic E-state index is 0.488.